The van der Waals surface area contributed by atoms with Gasteiger partial charge in [0.05, 0.1) is 12.0 Å². The molecule has 0 amide bonds. The van der Waals surface area contributed by atoms with Crippen molar-refractivity contribution < 1.29 is 14.6 Å². The van der Waals surface area contributed by atoms with Gasteiger partial charge in [-0.15, -0.1) is 0 Å². The zero-order valence-corrected chi connectivity index (χ0v) is 10.9. The van der Waals surface area contributed by atoms with Gasteiger partial charge in [-0.1, -0.05) is 20.8 Å². The predicted molar refractivity (Wildman–Crippen MR) is 63.2 cm³/mol. The van der Waals surface area contributed by atoms with Gasteiger partial charge in [0, 0.05) is 11.8 Å². The number of carbonyl (C=O) groups excluding carboxylic acids is 1. The number of aliphatic hydroxyl groups is 1. The van der Waals surface area contributed by atoms with Crippen LogP contribution in [0.4, 0.5) is 0 Å². The van der Waals surface area contributed by atoms with Crippen LogP contribution in [-0.2, 0) is 9.53 Å². The summed E-state index contributed by atoms with van der Waals surface area (Å²) in [6.07, 6.45) is 3.06. The van der Waals surface area contributed by atoms with E-state index in [1.165, 1.54) is 0 Å². The highest BCUT2D eigenvalue weighted by Crippen LogP contribution is 2.61. The number of ether oxygens (including phenoxy) is 1. The molecule has 0 radical (unpaired) electrons. The van der Waals surface area contributed by atoms with Crippen LogP contribution in [0.5, 0.6) is 0 Å². The number of Topliss-reactive ketones (excluding diaryl/α,β-unsaturated/α-hetero) is 1. The Hall–Kier alpha value is -0.410. The number of rotatable bonds is 1. The highest BCUT2D eigenvalue weighted by atomic mass is 16.7. The van der Waals surface area contributed by atoms with Crippen LogP contribution in [0.15, 0.2) is 0 Å². The lowest BCUT2D eigenvalue weighted by Crippen LogP contribution is -2.52. The molecular formula is C14H22O3. The summed E-state index contributed by atoms with van der Waals surface area (Å²) >= 11 is 0. The second-order valence-corrected chi connectivity index (χ2v) is 6.63. The van der Waals surface area contributed by atoms with Crippen LogP contribution < -0.4 is 0 Å². The lowest BCUT2D eigenvalue weighted by molar-refractivity contribution is -0.271. The molecule has 3 fully saturated rings. The maximum Gasteiger partial charge on any atom is 0.176 e. The average molecular weight is 238 g/mol. The summed E-state index contributed by atoms with van der Waals surface area (Å²) < 4.78 is 6.09. The van der Waals surface area contributed by atoms with E-state index in [1.54, 1.807) is 0 Å². The van der Waals surface area contributed by atoms with Gasteiger partial charge >= 0.3 is 0 Å². The molecule has 1 saturated carbocycles. The van der Waals surface area contributed by atoms with E-state index in [0.29, 0.717) is 11.8 Å². The van der Waals surface area contributed by atoms with Crippen LogP contribution in [0, 0.1) is 23.7 Å². The Labute approximate surface area is 103 Å². The normalized spacial score (nSPS) is 53.2. The second-order valence-electron chi connectivity index (χ2n) is 6.63. The number of carbonyl (C=O) groups is 1. The molecule has 3 nitrogen and oxygen atoms in total. The van der Waals surface area contributed by atoms with Gasteiger partial charge in [0.25, 0.3) is 0 Å². The van der Waals surface area contributed by atoms with Crippen molar-refractivity contribution in [3.63, 3.8) is 0 Å². The molecule has 2 saturated heterocycles. The minimum Gasteiger partial charge on any atom is -0.365 e. The molecule has 2 aliphatic heterocycles. The quantitative estimate of drug-likeness (QED) is 0.761. The fraction of sp³-hybridized carbons (Fsp3) is 0.929. The highest BCUT2D eigenvalue weighted by Gasteiger charge is 2.68. The summed E-state index contributed by atoms with van der Waals surface area (Å²) in [7, 11) is 0. The summed E-state index contributed by atoms with van der Waals surface area (Å²) in [5.41, 5.74) is -0.348. The van der Waals surface area contributed by atoms with Gasteiger partial charge in [-0.25, -0.2) is 0 Å². The van der Waals surface area contributed by atoms with Gasteiger partial charge in [0.15, 0.2) is 5.79 Å². The van der Waals surface area contributed by atoms with Crippen LogP contribution in [0.2, 0.25) is 0 Å². The third-order valence-corrected chi connectivity index (χ3v) is 5.42. The summed E-state index contributed by atoms with van der Waals surface area (Å²) in [4.78, 5) is 12.2. The summed E-state index contributed by atoms with van der Waals surface area (Å²) in [5.74, 6) is -0.0455. The van der Waals surface area contributed by atoms with E-state index >= 15 is 0 Å². The molecule has 2 bridgehead atoms. The van der Waals surface area contributed by atoms with Crippen LogP contribution >= 0.6 is 0 Å². The first-order chi connectivity index (χ1) is 7.89. The SMILES string of the molecule is CC(C)C1CC23OC1(O)CC(=O)C2CCC3C. The van der Waals surface area contributed by atoms with Gasteiger partial charge in [-0.05, 0) is 31.1 Å². The van der Waals surface area contributed by atoms with Crippen LogP contribution in [0.1, 0.15) is 46.5 Å². The molecule has 1 N–H and O–H groups in total. The zero-order valence-electron chi connectivity index (χ0n) is 10.9. The lowest BCUT2D eigenvalue weighted by atomic mass is 9.78. The molecule has 2 heterocycles. The van der Waals surface area contributed by atoms with Crippen molar-refractivity contribution >= 4 is 5.78 Å². The molecule has 3 heteroatoms. The van der Waals surface area contributed by atoms with Crippen LogP contribution in [-0.4, -0.2) is 22.3 Å². The maximum absolute atomic E-state index is 12.2. The largest absolute Gasteiger partial charge is 0.365 e. The molecule has 3 rings (SSSR count). The number of fused-ring (bicyclic) bond motifs is 1. The summed E-state index contributed by atoms with van der Waals surface area (Å²) in [6, 6.07) is 0. The highest BCUT2D eigenvalue weighted by molar-refractivity contribution is 5.85. The smallest absolute Gasteiger partial charge is 0.176 e. The van der Waals surface area contributed by atoms with E-state index in [1.807, 2.05) is 0 Å². The van der Waals surface area contributed by atoms with E-state index < -0.39 is 5.79 Å². The van der Waals surface area contributed by atoms with E-state index in [9.17, 15) is 9.90 Å². The Bertz CT molecular complexity index is 364. The van der Waals surface area contributed by atoms with Crippen molar-refractivity contribution in [3.8, 4) is 0 Å². The fourth-order valence-corrected chi connectivity index (χ4v) is 4.44. The Morgan fingerprint density at radius 3 is 2.76 bits per heavy atom. The first-order valence-electron chi connectivity index (χ1n) is 6.84. The minimum atomic E-state index is -1.18. The molecule has 1 aliphatic carbocycles. The maximum atomic E-state index is 12.2. The third-order valence-electron chi connectivity index (χ3n) is 5.42. The van der Waals surface area contributed by atoms with Gasteiger partial charge < -0.3 is 9.84 Å². The third kappa shape index (κ3) is 1.33. The second kappa shape index (κ2) is 3.33. The zero-order chi connectivity index (χ0) is 12.4. The molecule has 0 aromatic carbocycles. The number of hydrogen-bond donors (Lipinski definition) is 1. The molecule has 17 heavy (non-hydrogen) atoms. The van der Waals surface area contributed by atoms with Crippen molar-refractivity contribution in [1.82, 2.24) is 0 Å². The lowest BCUT2D eigenvalue weighted by Gasteiger charge is -2.41. The topological polar surface area (TPSA) is 46.5 Å². The molecule has 5 atom stereocenters. The van der Waals surface area contributed by atoms with E-state index in [0.717, 1.165) is 19.3 Å². The Morgan fingerprint density at radius 2 is 2.12 bits per heavy atom. The van der Waals surface area contributed by atoms with Crippen molar-refractivity contribution in [2.45, 2.75) is 57.8 Å². The predicted octanol–water partition coefficient (Wildman–Crippen LogP) is 2.13. The summed E-state index contributed by atoms with van der Waals surface area (Å²) in [5, 5.41) is 10.6. The van der Waals surface area contributed by atoms with E-state index in [2.05, 4.69) is 20.8 Å². The standard InChI is InChI=1S/C14H22O3/c1-8(2)11-6-13-9(3)4-5-10(13)12(15)7-14(11,16)17-13/h8-11,16H,4-7H2,1-3H3. The molecule has 0 aromatic heterocycles. The van der Waals surface area contributed by atoms with Crippen molar-refractivity contribution in [1.29, 1.82) is 0 Å². The van der Waals surface area contributed by atoms with E-state index in [4.69, 9.17) is 4.74 Å². The molecule has 0 aromatic rings. The summed E-state index contributed by atoms with van der Waals surface area (Å²) in [6.45, 7) is 6.40. The average Bonchev–Trinajstić information content (AvgIpc) is 2.65. The first-order valence-corrected chi connectivity index (χ1v) is 6.84. The molecular weight excluding hydrogens is 216 g/mol. The first kappa shape index (κ1) is 11.7. The van der Waals surface area contributed by atoms with Crippen LogP contribution in [0.3, 0.4) is 0 Å². The van der Waals surface area contributed by atoms with Crippen molar-refractivity contribution in [2.75, 3.05) is 0 Å². The molecule has 5 unspecified atom stereocenters. The Kier molecular flexibility index (Phi) is 2.28. The van der Waals surface area contributed by atoms with Gasteiger partial charge in [0.2, 0.25) is 0 Å². The number of hydrogen-bond acceptors (Lipinski definition) is 3. The monoisotopic (exact) mass is 238 g/mol. The van der Waals surface area contributed by atoms with Gasteiger partial charge in [0.1, 0.15) is 5.78 Å². The van der Waals surface area contributed by atoms with Crippen molar-refractivity contribution in [2.24, 2.45) is 23.7 Å². The van der Waals surface area contributed by atoms with Crippen molar-refractivity contribution in [3.05, 3.63) is 0 Å². The molecule has 1 spiro atoms. The minimum absolute atomic E-state index is 0.0431. The molecule has 96 valence electrons. The van der Waals surface area contributed by atoms with E-state index in [-0.39, 0.29) is 29.6 Å². The van der Waals surface area contributed by atoms with Gasteiger partial charge in [-0.2, -0.15) is 0 Å². The van der Waals surface area contributed by atoms with Gasteiger partial charge in [-0.3, -0.25) is 4.79 Å². The number of ketones is 1. The Morgan fingerprint density at radius 1 is 1.41 bits per heavy atom. The Balaban J connectivity index is 2.04. The molecule has 3 aliphatic rings. The van der Waals surface area contributed by atoms with Crippen LogP contribution in [0.25, 0.3) is 0 Å². The fourth-order valence-electron chi connectivity index (χ4n) is 4.44.